The molecule has 5 nitrogen and oxygen atoms in total. The van der Waals surface area contributed by atoms with E-state index in [0.717, 1.165) is 10.5 Å². The summed E-state index contributed by atoms with van der Waals surface area (Å²) < 4.78 is 5.25. The number of hydrogen-bond donors (Lipinski definition) is 2. The summed E-state index contributed by atoms with van der Waals surface area (Å²) in [5.41, 5.74) is 0.153. The van der Waals surface area contributed by atoms with Gasteiger partial charge in [0.2, 0.25) is 5.91 Å². The van der Waals surface area contributed by atoms with Crippen LogP contribution in [-0.2, 0) is 14.3 Å². The number of aliphatic carboxylic acids is 1. The van der Waals surface area contributed by atoms with Crippen LogP contribution >= 0.6 is 11.8 Å². The van der Waals surface area contributed by atoms with E-state index in [9.17, 15) is 14.7 Å². The third-order valence-corrected chi connectivity index (χ3v) is 5.70. The average molecular weight is 321 g/mol. The maximum atomic E-state index is 12.5. The number of nitrogens with one attached hydrogen (secondary N) is 1. The lowest BCUT2D eigenvalue weighted by molar-refractivity contribution is -0.154. The Morgan fingerprint density at radius 2 is 2.05 bits per heavy atom. The molecular weight excluding hydrogens is 302 g/mol. The van der Waals surface area contributed by atoms with Gasteiger partial charge in [-0.2, -0.15) is 0 Å². The minimum atomic E-state index is -0.890. The van der Waals surface area contributed by atoms with E-state index in [0.29, 0.717) is 31.8 Å². The van der Waals surface area contributed by atoms with Crippen molar-refractivity contribution in [2.24, 2.45) is 5.41 Å². The van der Waals surface area contributed by atoms with Gasteiger partial charge in [0.1, 0.15) is 0 Å². The van der Waals surface area contributed by atoms with Gasteiger partial charge in [0.15, 0.2) is 0 Å². The molecule has 1 fully saturated rings. The van der Waals surface area contributed by atoms with Gasteiger partial charge in [-0.05, 0) is 24.5 Å². The fraction of sp³-hybridized carbons (Fsp3) is 0.500. The van der Waals surface area contributed by atoms with E-state index >= 15 is 0 Å². The molecular formula is C16H19NO4S. The van der Waals surface area contributed by atoms with Gasteiger partial charge in [-0.1, -0.05) is 18.2 Å². The zero-order valence-corrected chi connectivity index (χ0v) is 13.0. The summed E-state index contributed by atoms with van der Waals surface area (Å²) in [7, 11) is 0. The van der Waals surface area contributed by atoms with Gasteiger partial charge in [0.05, 0.1) is 11.3 Å². The molecule has 6 heteroatoms. The number of ether oxygens (including phenoxy) is 1. The largest absolute Gasteiger partial charge is 0.481 e. The number of rotatable bonds is 4. The van der Waals surface area contributed by atoms with Crippen molar-refractivity contribution < 1.29 is 19.4 Å². The van der Waals surface area contributed by atoms with Crippen LogP contribution in [0.3, 0.4) is 0 Å². The second-order valence-corrected chi connectivity index (χ2v) is 6.88. The second-order valence-electron chi connectivity index (χ2n) is 5.82. The van der Waals surface area contributed by atoms with E-state index in [1.807, 2.05) is 24.3 Å². The first-order valence-corrected chi connectivity index (χ1v) is 8.41. The van der Waals surface area contributed by atoms with E-state index in [1.54, 1.807) is 11.8 Å². The highest BCUT2D eigenvalue weighted by Crippen LogP contribution is 2.39. The lowest BCUT2D eigenvalue weighted by atomic mass is 9.80. The normalized spacial score (nSPS) is 22.8. The molecule has 0 saturated carbocycles. The van der Waals surface area contributed by atoms with Crippen molar-refractivity contribution in [2.75, 3.05) is 25.5 Å². The van der Waals surface area contributed by atoms with Crippen LogP contribution in [-0.4, -0.2) is 42.5 Å². The predicted octanol–water partition coefficient (Wildman–Crippen LogP) is 1.87. The SMILES string of the molecule is O=C(NCC1(C(=O)O)CCOCC1)C1CSc2ccccc21. The highest BCUT2D eigenvalue weighted by molar-refractivity contribution is 7.99. The van der Waals surface area contributed by atoms with Crippen LogP contribution in [0.25, 0.3) is 0 Å². The summed E-state index contributed by atoms with van der Waals surface area (Å²) in [5, 5.41) is 12.4. The van der Waals surface area contributed by atoms with Gasteiger partial charge < -0.3 is 15.2 Å². The van der Waals surface area contributed by atoms with Crippen LogP contribution in [0.4, 0.5) is 0 Å². The first-order valence-electron chi connectivity index (χ1n) is 7.43. The highest BCUT2D eigenvalue weighted by atomic mass is 32.2. The van der Waals surface area contributed by atoms with Crippen molar-refractivity contribution in [2.45, 2.75) is 23.7 Å². The van der Waals surface area contributed by atoms with Crippen molar-refractivity contribution >= 4 is 23.6 Å². The quantitative estimate of drug-likeness (QED) is 0.885. The molecule has 0 radical (unpaired) electrons. The van der Waals surface area contributed by atoms with Crippen molar-refractivity contribution in [3.8, 4) is 0 Å². The topological polar surface area (TPSA) is 75.6 Å². The molecule has 118 valence electrons. The van der Waals surface area contributed by atoms with E-state index in [2.05, 4.69) is 5.32 Å². The molecule has 2 aliphatic rings. The molecule has 0 spiro atoms. The van der Waals surface area contributed by atoms with Gasteiger partial charge in [-0.25, -0.2) is 0 Å². The van der Waals surface area contributed by atoms with Crippen LogP contribution in [0.1, 0.15) is 24.3 Å². The number of carbonyl (C=O) groups is 2. The number of amides is 1. The van der Waals surface area contributed by atoms with Gasteiger partial charge >= 0.3 is 5.97 Å². The number of carbonyl (C=O) groups excluding carboxylic acids is 1. The number of carboxylic acid groups (broad SMARTS) is 1. The molecule has 1 saturated heterocycles. The number of thioether (sulfide) groups is 1. The van der Waals surface area contributed by atoms with Crippen LogP contribution in [0.5, 0.6) is 0 Å². The molecule has 3 rings (SSSR count). The Hall–Kier alpha value is -1.53. The minimum absolute atomic E-state index is 0.0791. The average Bonchev–Trinajstić information content (AvgIpc) is 2.97. The molecule has 0 aromatic heterocycles. The third kappa shape index (κ3) is 2.85. The Bertz CT molecular complexity index is 583. The van der Waals surface area contributed by atoms with Gasteiger partial charge in [-0.3, -0.25) is 9.59 Å². The summed E-state index contributed by atoms with van der Waals surface area (Å²) in [5.74, 6) is -0.400. The number of fused-ring (bicyclic) bond motifs is 1. The minimum Gasteiger partial charge on any atom is -0.481 e. The summed E-state index contributed by atoms with van der Waals surface area (Å²) in [4.78, 5) is 25.2. The van der Waals surface area contributed by atoms with Crippen molar-refractivity contribution in [1.82, 2.24) is 5.32 Å². The monoisotopic (exact) mass is 321 g/mol. The molecule has 2 aliphatic heterocycles. The molecule has 0 aliphatic carbocycles. The maximum absolute atomic E-state index is 12.5. The molecule has 1 amide bonds. The van der Waals surface area contributed by atoms with Crippen LogP contribution < -0.4 is 5.32 Å². The second kappa shape index (κ2) is 6.30. The molecule has 1 aromatic carbocycles. The fourth-order valence-corrected chi connectivity index (χ4v) is 4.22. The van der Waals surface area contributed by atoms with Crippen molar-refractivity contribution in [3.63, 3.8) is 0 Å². The molecule has 0 bridgehead atoms. The lowest BCUT2D eigenvalue weighted by Crippen LogP contribution is -2.47. The molecule has 2 heterocycles. The number of hydrogen-bond acceptors (Lipinski definition) is 4. The fourth-order valence-electron chi connectivity index (χ4n) is 2.99. The summed E-state index contributed by atoms with van der Waals surface area (Å²) in [6.45, 7) is 1.04. The summed E-state index contributed by atoms with van der Waals surface area (Å²) in [6.07, 6.45) is 0.886. The van der Waals surface area contributed by atoms with Crippen LogP contribution in [0, 0.1) is 5.41 Å². The van der Waals surface area contributed by atoms with E-state index in [-0.39, 0.29) is 18.4 Å². The highest BCUT2D eigenvalue weighted by Gasteiger charge is 2.41. The van der Waals surface area contributed by atoms with Crippen molar-refractivity contribution in [1.29, 1.82) is 0 Å². The lowest BCUT2D eigenvalue weighted by Gasteiger charge is -2.33. The Balaban J connectivity index is 1.66. The van der Waals surface area contributed by atoms with Crippen LogP contribution in [0.2, 0.25) is 0 Å². The molecule has 1 atom stereocenters. The van der Waals surface area contributed by atoms with E-state index < -0.39 is 11.4 Å². The van der Waals surface area contributed by atoms with Gasteiger partial charge in [-0.15, -0.1) is 11.8 Å². The number of benzene rings is 1. The zero-order valence-electron chi connectivity index (χ0n) is 12.2. The maximum Gasteiger partial charge on any atom is 0.311 e. The van der Waals surface area contributed by atoms with E-state index in [1.165, 1.54) is 0 Å². The van der Waals surface area contributed by atoms with E-state index in [4.69, 9.17) is 4.74 Å². The molecule has 1 aromatic rings. The third-order valence-electron chi connectivity index (χ3n) is 4.52. The first kappa shape index (κ1) is 15.4. The van der Waals surface area contributed by atoms with Gasteiger partial charge in [0, 0.05) is 30.4 Å². The standard InChI is InChI=1S/C16H19NO4S/c18-14(12-9-22-13-4-2-1-3-11(12)13)17-10-16(15(19)20)5-7-21-8-6-16/h1-4,12H,5-10H2,(H,17,18)(H,19,20). The Morgan fingerprint density at radius 1 is 1.32 bits per heavy atom. The Kier molecular flexibility index (Phi) is 4.40. The Morgan fingerprint density at radius 3 is 2.77 bits per heavy atom. The van der Waals surface area contributed by atoms with Gasteiger partial charge in [0.25, 0.3) is 0 Å². The molecule has 22 heavy (non-hydrogen) atoms. The predicted molar refractivity (Wildman–Crippen MR) is 83.0 cm³/mol. The number of carboxylic acids is 1. The Labute approximate surface area is 133 Å². The van der Waals surface area contributed by atoms with Crippen LogP contribution in [0.15, 0.2) is 29.2 Å². The zero-order chi connectivity index (χ0) is 15.6. The summed E-state index contributed by atoms with van der Waals surface area (Å²) in [6, 6.07) is 7.89. The molecule has 2 N–H and O–H groups in total. The smallest absolute Gasteiger partial charge is 0.311 e. The molecule has 1 unspecified atom stereocenters. The first-order chi connectivity index (χ1) is 10.6. The van der Waals surface area contributed by atoms with Crippen molar-refractivity contribution in [3.05, 3.63) is 29.8 Å². The summed E-state index contributed by atoms with van der Waals surface area (Å²) >= 11 is 1.67.